The van der Waals surface area contributed by atoms with Crippen LogP contribution in [0.25, 0.3) is 0 Å². The molecular formula is C16H16N2O2S. The van der Waals surface area contributed by atoms with E-state index in [0.717, 1.165) is 23.2 Å². The summed E-state index contributed by atoms with van der Waals surface area (Å²) in [7, 11) is 0. The zero-order chi connectivity index (χ0) is 15.1. The van der Waals surface area contributed by atoms with Crippen LogP contribution in [0.4, 0.5) is 0 Å². The molecule has 1 amide bonds. The zero-order valence-electron chi connectivity index (χ0n) is 11.7. The van der Waals surface area contributed by atoms with Crippen LogP contribution >= 0.6 is 11.3 Å². The topological polar surface area (TPSA) is 62.2 Å². The number of nitrogens with zero attached hydrogens (tertiary/aromatic N) is 1. The van der Waals surface area contributed by atoms with Gasteiger partial charge in [0.1, 0.15) is 6.61 Å². The van der Waals surface area contributed by atoms with Crippen LogP contribution in [0, 0.1) is 18.8 Å². The van der Waals surface area contributed by atoms with Gasteiger partial charge in [0.15, 0.2) is 0 Å². The van der Waals surface area contributed by atoms with Gasteiger partial charge in [0.05, 0.1) is 11.2 Å². The molecule has 2 aromatic rings. The molecule has 0 spiro atoms. The molecule has 0 radical (unpaired) electrons. The van der Waals surface area contributed by atoms with Crippen LogP contribution in [-0.4, -0.2) is 29.1 Å². The van der Waals surface area contributed by atoms with Gasteiger partial charge in [0.25, 0.3) is 5.91 Å². The van der Waals surface area contributed by atoms with Crippen molar-refractivity contribution in [3.05, 3.63) is 51.5 Å². The second-order valence-corrected chi connectivity index (χ2v) is 5.19. The van der Waals surface area contributed by atoms with Crippen LogP contribution in [0.3, 0.4) is 0 Å². The summed E-state index contributed by atoms with van der Waals surface area (Å²) in [5, 5.41) is 13.6. The van der Waals surface area contributed by atoms with E-state index in [1.54, 1.807) is 22.9 Å². The molecule has 0 saturated heterocycles. The van der Waals surface area contributed by atoms with Gasteiger partial charge in [-0.2, -0.15) is 0 Å². The molecule has 0 aliphatic heterocycles. The Labute approximate surface area is 127 Å². The highest BCUT2D eigenvalue weighted by atomic mass is 32.1. The van der Waals surface area contributed by atoms with Crippen molar-refractivity contribution in [1.82, 2.24) is 10.3 Å². The maximum atomic E-state index is 12.2. The third-order valence-corrected chi connectivity index (χ3v) is 3.58. The fraction of sp³-hybridized carbons (Fsp3) is 0.250. The first-order valence-corrected chi connectivity index (χ1v) is 7.50. The monoisotopic (exact) mass is 300 g/mol. The van der Waals surface area contributed by atoms with Crippen molar-refractivity contribution in [3.8, 4) is 11.8 Å². The quantitative estimate of drug-likeness (QED) is 0.846. The normalized spacial score (nSPS) is 9.81. The number of nitrogens with one attached hydrogen (secondary N) is 1. The molecule has 5 heteroatoms. The van der Waals surface area contributed by atoms with Gasteiger partial charge in [-0.05, 0) is 24.6 Å². The van der Waals surface area contributed by atoms with Crippen LogP contribution in [-0.2, 0) is 6.42 Å². The van der Waals surface area contributed by atoms with Crippen LogP contribution in [0.5, 0.6) is 0 Å². The smallest absolute Gasteiger partial charge is 0.251 e. The minimum Gasteiger partial charge on any atom is -0.384 e. The Morgan fingerprint density at radius 3 is 3.05 bits per heavy atom. The maximum absolute atomic E-state index is 12.2. The molecule has 0 aliphatic rings. The number of aliphatic hydroxyl groups excluding tert-OH is 1. The Morgan fingerprint density at radius 1 is 1.48 bits per heavy atom. The Morgan fingerprint density at radius 2 is 2.33 bits per heavy atom. The molecule has 0 atom stereocenters. The molecule has 21 heavy (non-hydrogen) atoms. The SMILES string of the molecule is Cc1ccc(C#CCO)cc1C(=O)NCCc1cscn1. The summed E-state index contributed by atoms with van der Waals surface area (Å²) in [6.45, 7) is 2.25. The molecular weight excluding hydrogens is 284 g/mol. The zero-order valence-corrected chi connectivity index (χ0v) is 12.5. The van der Waals surface area contributed by atoms with E-state index in [1.807, 2.05) is 24.4 Å². The molecule has 0 fully saturated rings. The minimum atomic E-state index is -0.191. The second kappa shape index (κ2) is 7.58. The highest BCUT2D eigenvalue weighted by Crippen LogP contribution is 2.11. The predicted octanol–water partition coefficient (Wildman–Crippen LogP) is 1.77. The number of hydrogen-bond acceptors (Lipinski definition) is 4. The maximum Gasteiger partial charge on any atom is 0.251 e. The number of benzene rings is 1. The standard InChI is InChI=1S/C16H16N2O2S/c1-12-4-5-13(3-2-8-19)9-15(12)16(20)17-7-6-14-10-21-11-18-14/h4-5,9-11,19H,6-8H2,1H3,(H,17,20). The van der Waals surface area contributed by atoms with Gasteiger partial charge < -0.3 is 10.4 Å². The van der Waals surface area contributed by atoms with Gasteiger partial charge in [0.2, 0.25) is 0 Å². The summed E-state index contributed by atoms with van der Waals surface area (Å²) in [5.74, 6) is 5.27. The first kappa shape index (κ1) is 15.2. The van der Waals surface area contributed by atoms with Gasteiger partial charge in [-0.15, -0.1) is 11.3 Å². The number of thiazole rings is 1. The van der Waals surface area contributed by atoms with E-state index in [1.165, 1.54) is 0 Å². The number of aliphatic hydroxyl groups is 1. The molecule has 1 heterocycles. The molecule has 1 aromatic carbocycles. The largest absolute Gasteiger partial charge is 0.384 e. The number of carbonyl (C=O) groups is 1. The minimum absolute atomic E-state index is 0.115. The lowest BCUT2D eigenvalue weighted by molar-refractivity contribution is 0.0953. The van der Waals surface area contributed by atoms with Crippen LogP contribution in [0.15, 0.2) is 29.1 Å². The Kier molecular flexibility index (Phi) is 5.50. The number of carbonyl (C=O) groups excluding carboxylic acids is 1. The number of aromatic nitrogens is 1. The molecule has 0 saturated carbocycles. The number of aryl methyl sites for hydroxylation is 1. The van der Waals surface area contributed by atoms with Gasteiger partial charge >= 0.3 is 0 Å². The fourth-order valence-corrected chi connectivity index (χ4v) is 2.44. The first-order valence-electron chi connectivity index (χ1n) is 6.56. The fourth-order valence-electron chi connectivity index (χ4n) is 1.85. The second-order valence-electron chi connectivity index (χ2n) is 4.48. The first-order chi connectivity index (χ1) is 10.2. The van der Waals surface area contributed by atoms with Gasteiger partial charge in [-0.1, -0.05) is 17.9 Å². The Bertz CT molecular complexity index is 669. The van der Waals surface area contributed by atoms with Crippen LogP contribution in [0.2, 0.25) is 0 Å². The van der Waals surface area contributed by atoms with E-state index in [9.17, 15) is 4.79 Å². The molecule has 1 aromatic heterocycles. The van der Waals surface area contributed by atoms with Crippen molar-refractivity contribution in [2.24, 2.45) is 0 Å². The van der Waals surface area contributed by atoms with Crippen molar-refractivity contribution in [3.63, 3.8) is 0 Å². The third-order valence-electron chi connectivity index (χ3n) is 2.94. The predicted molar refractivity (Wildman–Crippen MR) is 83.3 cm³/mol. The summed E-state index contributed by atoms with van der Waals surface area (Å²) in [5.41, 5.74) is 5.00. The van der Waals surface area contributed by atoms with Gasteiger partial charge in [-0.25, -0.2) is 4.98 Å². The molecule has 4 nitrogen and oxygen atoms in total. The molecule has 0 bridgehead atoms. The number of rotatable bonds is 4. The highest BCUT2D eigenvalue weighted by molar-refractivity contribution is 7.07. The molecule has 108 valence electrons. The number of hydrogen-bond donors (Lipinski definition) is 2. The lowest BCUT2D eigenvalue weighted by Crippen LogP contribution is -2.26. The Hall–Kier alpha value is -2.16. The third kappa shape index (κ3) is 4.42. The van der Waals surface area contributed by atoms with E-state index in [-0.39, 0.29) is 12.5 Å². The average molecular weight is 300 g/mol. The lowest BCUT2D eigenvalue weighted by atomic mass is 10.0. The van der Waals surface area contributed by atoms with Gasteiger partial charge in [0, 0.05) is 29.5 Å². The van der Waals surface area contributed by atoms with E-state index in [4.69, 9.17) is 5.11 Å². The molecule has 2 rings (SSSR count). The summed E-state index contributed by atoms with van der Waals surface area (Å²) < 4.78 is 0. The number of amides is 1. The van der Waals surface area contributed by atoms with E-state index < -0.39 is 0 Å². The Balaban J connectivity index is 2.00. The molecule has 2 N–H and O–H groups in total. The van der Waals surface area contributed by atoms with Crippen LogP contribution in [0.1, 0.15) is 27.2 Å². The van der Waals surface area contributed by atoms with Crippen molar-refractivity contribution < 1.29 is 9.90 Å². The molecule has 0 unspecified atom stereocenters. The van der Waals surface area contributed by atoms with Crippen molar-refractivity contribution in [1.29, 1.82) is 0 Å². The van der Waals surface area contributed by atoms with E-state index >= 15 is 0 Å². The average Bonchev–Trinajstić information content (AvgIpc) is 2.99. The van der Waals surface area contributed by atoms with Crippen molar-refractivity contribution in [2.45, 2.75) is 13.3 Å². The summed E-state index contributed by atoms with van der Waals surface area (Å²) in [6, 6.07) is 5.44. The summed E-state index contributed by atoms with van der Waals surface area (Å²) >= 11 is 1.55. The van der Waals surface area contributed by atoms with Crippen molar-refractivity contribution in [2.75, 3.05) is 13.2 Å². The summed E-state index contributed by atoms with van der Waals surface area (Å²) in [4.78, 5) is 16.4. The highest BCUT2D eigenvalue weighted by Gasteiger charge is 2.09. The molecule has 0 aliphatic carbocycles. The summed E-state index contributed by atoms with van der Waals surface area (Å²) in [6.07, 6.45) is 0.721. The van der Waals surface area contributed by atoms with Crippen LogP contribution < -0.4 is 5.32 Å². The lowest BCUT2D eigenvalue weighted by Gasteiger charge is -2.07. The van der Waals surface area contributed by atoms with Crippen molar-refractivity contribution >= 4 is 17.2 Å². The van der Waals surface area contributed by atoms with E-state index in [2.05, 4.69) is 22.1 Å². The van der Waals surface area contributed by atoms with Gasteiger partial charge in [-0.3, -0.25) is 4.79 Å². The van der Waals surface area contributed by atoms with E-state index in [0.29, 0.717) is 12.1 Å².